The lowest BCUT2D eigenvalue weighted by Crippen LogP contribution is -2.36. The van der Waals surface area contributed by atoms with E-state index >= 15 is 0 Å². The lowest BCUT2D eigenvalue weighted by molar-refractivity contribution is 0.0691. The van der Waals surface area contributed by atoms with Gasteiger partial charge in [-0.1, -0.05) is 0 Å². The smallest absolute Gasteiger partial charge is 0.338 e. The van der Waals surface area contributed by atoms with Crippen LogP contribution in [0.25, 0.3) is 0 Å². The average molecular weight is 335 g/mol. The average Bonchev–Trinajstić information content (AvgIpc) is 2.40. The summed E-state index contributed by atoms with van der Waals surface area (Å²) in [6, 6.07) is 1.76. The summed E-state index contributed by atoms with van der Waals surface area (Å²) in [5.41, 5.74) is -0.654. The summed E-state index contributed by atoms with van der Waals surface area (Å²) in [5, 5.41) is 8.96. The normalized spacial score (nSPS) is 13.4. The second kappa shape index (κ2) is 6.76. The first-order valence-electron chi connectivity index (χ1n) is 6.13. The molecule has 0 radical (unpaired) electrons. The van der Waals surface area contributed by atoms with Crippen molar-refractivity contribution in [2.75, 3.05) is 19.1 Å². The van der Waals surface area contributed by atoms with Gasteiger partial charge in [-0.2, -0.15) is 16.1 Å². The number of rotatable bonds is 6. The van der Waals surface area contributed by atoms with Gasteiger partial charge in [-0.25, -0.2) is 17.6 Å². The molecule has 0 heterocycles. The Morgan fingerprint density at radius 3 is 2.52 bits per heavy atom. The van der Waals surface area contributed by atoms with Crippen molar-refractivity contribution in [3.05, 3.63) is 29.1 Å². The van der Waals surface area contributed by atoms with Gasteiger partial charge >= 0.3 is 5.97 Å². The maximum Gasteiger partial charge on any atom is 0.338 e. The van der Waals surface area contributed by atoms with E-state index in [1.165, 1.54) is 30.0 Å². The lowest BCUT2D eigenvalue weighted by Gasteiger charge is -2.24. The highest BCUT2D eigenvalue weighted by molar-refractivity contribution is 7.98. The molecule has 0 aliphatic carbocycles. The summed E-state index contributed by atoms with van der Waals surface area (Å²) in [6.45, 7) is 3.09. The van der Waals surface area contributed by atoms with Crippen molar-refractivity contribution in [1.82, 2.24) is 4.31 Å². The molecule has 1 atom stereocenters. The van der Waals surface area contributed by atoms with Crippen molar-refractivity contribution >= 4 is 27.8 Å². The minimum atomic E-state index is -3.87. The van der Waals surface area contributed by atoms with E-state index in [1.807, 2.05) is 6.26 Å². The largest absolute Gasteiger partial charge is 0.478 e. The Labute approximate surface area is 128 Å². The van der Waals surface area contributed by atoms with Crippen LogP contribution >= 0.6 is 11.8 Å². The van der Waals surface area contributed by atoms with E-state index in [0.29, 0.717) is 5.75 Å². The van der Waals surface area contributed by atoms with Crippen LogP contribution < -0.4 is 0 Å². The number of thioether (sulfide) groups is 1. The number of sulfonamides is 1. The third-order valence-corrected chi connectivity index (χ3v) is 5.93. The highest BCUT2D eigenvalue weighted by Crippen LogP contribution is 2.23. The first kappa shape index (κ1) is 17.9. The van der Waals surface area contributed by atoms with Gasteiger partial charge in [-0.15, -0.1) is 0 Å². The second-order valence-corrected chi connectivity index (χ2v) is 7.64. The van der Waals surface area contributed by atoms with Crippen molar-refractivity contribution in [2.24, 2.45) is 0 Å². The molecule has 1 unspecified atom stereocenters. The van der Waals surface area contributed by atoms with Gasteiger partial charge < -0.3 is 5.11 Å². The Morgan fingerprint density at radius 2 is 2.05 bits per heavy atom. The van der Waals surface area contributed by atoms with E-state index in [1.54, 1.807) is 6.92 Å². The van der Waals surface area contributed by atoms with Gasteiger partial charge in [-0.05, 0) is 37.8 Å². The molecule has 8 heteroatoms. The lowest BCUT2D eigenvalue weighted by atomic mass is 10.1. The first-order valence-corrected chi connectivity index (χ1v) is 8.96. The number of hydrogen-bond acceptors (Lipinski definition) is 4. The third-order valence-electron chi connectivity index (χ3n) is 3.16. The zero-order chi connectivity index (χ0) is 16.4. The Morgan fingerprint density at radius 1 is 1.48 bits per heavy atom. The van der Waals surface area contributed by atoms with Gasteiger partial charge in [0, 0.05) is 18.8 Å². The Hall–Kier alpha value is -1.12. The second-order valence-electron chi connectivity index (χ2n) is 4.73. The van der Waals surface area contributed by atoms with Gasteiger partial charge in [0.05, 0.1) is 10.5 Å². The molecule has 1 N–H and O–H groups in total. The van der Waals surface area contributed by atoms with Crippen molar-refractivity contribution < 1.29 is 22.7 Å². The van der Waals surface area contributed by atoms with E-state index in [0.717, 1.165) is 12.1 Å². The fourth-order valence-corrected chi connectivity index (χ4v) is 4.06. The fourth-order valence-electron chi connectivity index (χ4n) is 1.79. The molecule has 5 nitrogen and oxygen atoms in total. The quantitative estimate of drug-likeness (QED) is 0.863. The molecular weight excluding hydrogens is 317 g/mol. The van der Waals surface area contributed by atoms with Crippen molar-refractivity contribution in [1.29, 1.82) is 0 Å². The van der Waals surface area contributed by atoms with Crippen LogP contribution in [0.1, 0.15) is 22.8 Å². The van der Waals surface area contributed by atoms with E-state index in [4.69, 9.17) is 5.11 Å². The number of hydrogen-bond donors (Lipinski definition) is 1. The SMILES string of the molecule is CSCC(C)N(C)S(=O)(=O)c1cc(C)c(F)c(C(=O)O)c1. The van der Waals surface area contributed by atoms with E-state index in [2.05, 4.69) is 0 Å². The fraction of sp³-hybridized carbons (Fsp3) is 0.462. The van der Waals surface area contributed by atoms with Crippen LogP contribution in [0.15, 0.2) is 17.0 Å². The number of nitrogens with zero attached hydrogens (tertiary/aromatic N) is 1. The summed E-state index contributed by atoms with van der Waals surface area (Å²) >= 11 is 1.50. The van der Waals surface area contributed by atoms with Crippen LogP contribution in [-0.4, -0.2) is 48.9 Å². The zero-order valence-electron chi connectivity index (χ0n) is 12.3. The minimum Gasteiger partial charge on any atom is -0.478 e. The number of carbonyl (C=O) groups is 1. The monoisotopic (exact) mass is 335 g/mol. The summed E-state index contributed by atoms with van der Waals surface area (Å²) in [5.74, 6) is -1.81. The highest BCUT2D eigenvalue weighted by Gasteiger charge is 2.27. The Kier molecular flexibility index (Phi) is 5.77. The summed E-state index contributed by atoms with van der Waals surface area (Å²) in [6.07, 6.45) is 1.86. The molecule has 118 valence electrons. The standard InChI is InChI=1S/C13H18FNO4S2/c1-8-5-10(6-11(12(8)14)13(16)17)21(18,19)15(3)9(2)7-20-4/h5-6,9H,7H2,1-4H3,(H,16,17). The molecule has 1 rings (SSSR count). The summed E-state index contributed by atoms with van der Waals surface area (Å²) < 4.78 is 39.9. The minimum absolute atomic E-state index is 0.0144. The predicted octanol–water partition coefficient (Wildman–Crippen LogP) is 2.20. The van der Waals surface area contributed by atoms with Gasteiger partial charge in [0.2, 0.25) is 10.0 Å². The number of carboxylic acid groups (broad SMARTS) is 1. The van der Waals surface area contributed by atoms with Crippen LogP contribution in [0.5, 0.6) is 0 Å². The highest BCUT2D eigenvalue weighted by atomic mass is 32.2. The van der Waals surface area contributed by atoms with E-state index in [-0.39, 0.29) is 16.5 Å². The van der Waals surface area contributed by atoms with E-state index in [9.17, 15) is 17.6 Å². The maximum atomic E-state index is 13.7. The molecule has 0 bridgehead atoms. The molecule has 0 aliphatic heterocycles. The summed E-state index contributed by atoms with van der Waals surface area (Å²) in [7, 11) is -2.44. The Bertz CT molecular complexity index is 646. The third kappa shape index (κ3) is 3.75. The van der Waals surface area contributed by atoms with Crippen LogP contribution in [-0.2, 0) is 10.0 Å². The molecule has 1 aromatic rings. The number of carboxylic acids is 1. The molecular formula is C13H18FNO4S2. The molecule has 0 saturated heterocycles. The molecule has 0 amide bonds. The molecule has 0 aliphatic rings. The number of halogens is 1. The van der Waals surface area contributed by atoms with Gasteiger partial charge in [0.15, 0.2) is 0 Å². The number of benzene rings is 1. The van der Waals surface area contributed by atoms with Gasteiger partial charge in [0.1, 0.15) is 5.82 Å². The Balaban J connectivity index is 3.36. The van der Waals surface area contributed by atoms with Crippen molar-refractivity contribution in [3.63, 3.8) is 0 Å². The molecule has 0 fully saturated rings. The van der Waals surface area contributed by atoms with Crippen LogP contribution in [0.2, 0.25) is 0 Å². The number of aromatic carboxylic acids is 1. The van der Waals surface area contributed by atoms with Crippen LogP contribution in [0.3, 0.4) is 0 Å². The summed E-state index contributed by atoms with van der Waals surface area (Å²) in [4.78, 5) is 10.8. The number of aryl methyl sites for hydroxylation is 1. The predicted molar refractivity (Wildman–Crippen MR) is 80.9 cm³/mol. The van der Waals surface area contributed by atoms with Crippen molar-refractivity contribution in [3.8, 4) is 0 Å². The molecule has 0 saturated carbocycles. The molecule has 0 spiro atoms. The van der Waals surface area contributed by atoms with Gasteiger partial charge in [-0.3, -0.25) is 0 Å². The van der Waals surface area contributed by atoms with Crippen LogP contribution in [0.4, 0.5) is 4.39 Å². The molecule has 0 aromatic heterocycles. The topological polar surface area (TPSA) is 74.7 Å². The van der Waals surface area contributed by atoms with Gasteiger partial charge in [0.25, 0.3) is 0 Å². The van der Waals surface area contributed by atoms with Crippen molar-refractivity contribution in [2.45, 2.75) is 24.8 Å². The van der Waals surface area contributed by atoms with Crippen LogP contribution in [0, 0.1) is 12.7 Å². The maximum absolute atomic E-state index is 13.7. The first-order chi connectivity index (χ1) is 9.62. The zero-order valence-corrected chi connectivity index (χ0v) is 13.9. The molecule has 1 aromatic carbocycles. The molecule has 21 heavy (non-hydrogen) atoms. The van der Waals surface area contributed by atoms with E-state index < -0.39 is 27.4 Å².